The van der Waals surface area contributed by atoms with Gasteiger partial charge in [-0.05, 0) is 115 Å². The second kappa shape index (κ2) is 24.2. The minimum absolute atomic E-state index is 0. The van der Waals surface area contributed by atoms with Crippen LogP contribution in [0.5, 0.6) is 5.75 Å². The molecule has 2 aromatic rings. The lowest BCUT2D eigenvalue weighted by Crippen LogP contribution is -2.56. The van der Waals surface area contributed by atoms with Crippen molar-refractivity contribution >= 4 is 55.9 Å². The predicted octanol–water partition coefficient (Wildman–Crippen LogP) is 8.11. The van der Waals surface area contributed by atoms with Gasteiger partial charge in [0.05, 0.1) is 42.4 Å². The van der Waals surface area contributed by atoms with Crippen LogP contribution in [-0.2, 0) is 26.6 Å². The molecule has 14 heteroatoms. The van der Waals surface area contributed by atoms with E-state index in [0.29, 0.717) is 30.9 Å². The Morgan fingerprint density at radius 2 is 1.90 bits per heavy atom. The van der Waals surface area contributed by atoms with Gasteiger partial charge < -0.3 is 29.9 Å². The molecule has 0 bridgehead atoms. The molecule has 8 rings (SSSR count). The number of carboxylic acids is 1. The van der Waals surface area contributed by atoms with Crippen LogP contribution in [0.4, 0.5) is 5.69 Å². The number of carbonyl (C=O) groups is 1. The van der Waals surface area contributed by atoms with Gasteiger partial charge in [0.15, 0.2) is 0 Å². The van der Waals surface area contributed by atoms with E-state index in [9.17, 15) is 23.4 Å². The first-order valence-electron chi connectivity index (χ1n) is 21.7. The van der Waals surface area contributed by atoms with Gasteiger partial charge in [-0.1, -0.05) is 86.0 Å². The number of sulfonamides is 1. The number of anilines is 1. The lowest BCUT2D eigenvalue weighted by Gasteiger charge is -2.45. The number of benzene rings is 2. The van der Waals surface area contributed by atoms with E-state index < -0.39 is 22.1 Å². The van der Waals surface area contributed by atoms with Gasteiger partial charge in [0.1, 0.15) is 5.75 Å². The highest BCUT2D eigenvalue weighted by molar-refractivity contribution is 14.1. The molecule has 61 heavy (non-hydrogen) atoms. The van der Waals surface area contributed by atoms with Crippen molar-refractivity contribution in [1.29, 1.82) is 0 Å². The molecule has 3 aliphatic heterocycles. The van der Waals surface area contributed by atoms with Crippen molar-refractivity contribution in [2.45, 2.75) is 101 Å². The first-order chi connectivity index (χ1) is 28.8. The van der Waals surface area contributed by atoms with Gasteiger partial charge in [-0.2, -0.15) is 0 Å². The summed E-state index contributed by atoms with van der Waals surface area (Å²) in [6, 6.07) is 12.0. The Morgan fingerprint density at radius 3 is 2.52 bits per heavy atom. The summed E-state index contributed by atoms with van der Waals surface area (Å²) in [7, 11) is -3.41. The number of piperazine rings is 1. The first kappa shape index (κ1) is 51.4. The van der Waals surface area contributed by atoms with E-state index >= 15 is 0 Å². The summed E-state index contributed by atoms with van der Waals surface area (Å²) in [4.78, 5) is 18.5. The quantitative estimate of drug-likeness (QED) is 0.0987. The predicted molar refractivity (Wildman–Crippen MR) is 258 cm³/mol. The number of hydrogen-bond donors (Lipinski definition) is 4. The third-order valence-corrected chi connectivity index (χ3v) is 15.3. The van der Waals surface area contributed by atoms with Crippen molar-refractivity contribution in [3.63, 3.8) is 0 Å². The van der Waals surface area contributed by atoms with Gasteiger partial charge in [-0.3, -0.25) is 4.90 Å². The number of aliphatic hydroxyl groups excluding tert-OH is 1. The summed E-state index contributed by atoms with van der Waals surface area (Å²) in [5, 5.41) is 29.0. The first-order valence-corrected chi connectivity index (χ1v) is 25.8. The number of primary sulfonamides is 1. The van der Waals surface area contributed by atoms with E-state index in [0.717, 1.165) is 114 Å². The van der Waals surface area contributed by atoms with Crippen LogP contribution < -0.4 is 20.1 Å². The summed E-state index contributed by atoms with van der Waals surface area (Å²) < 4.78 is 34.7. The van der Waals surface area contributed by atoms with Crippen molar-refractivity contribution in [2.24, 2.45) is 28.8 Å². The van der Waals surface area contributed by atoms with Crippen LogP contribution in [0.3, 0.4) is 0 Å². The molecule has 6 aliphatic rings. The Kier molecular flexibility index (Phi) is 20.4. The van der Waals surface area contributed by atoms with E-state index in [2.05, 4.69) is 63.0 Å². The maximum absolute atomic E-state index is 11.7. The van der Waals surface area contributed by atoms with Crippen LogP contribution in [0.2, 0.25) is 5.02 Å². The molecule has 2 aromatic carbocycles. The van der Waals surface area contributed by atoms with Crippen molar-refractivity contribution < 1.29 is 32.9 Å². The van der Waals surface area contributed by atoms with E-state index in [4.69, 9.17) is 26.2 Å². The summed E-state index contributed by atoms with van der Waals surface area (Å²) in [5.74, 6) is 0.934. The molecule has 1 unspecified atom stereocenters. The monoisotopic (exact) mass is 998 g/mol. The van der Waals surface area contributed by atoms with Gasteiger partial charge in [-0.25, -0.2) is 18.4 Å². The molecule has 0 aromatic heterocycles. The Morgan fingerprint density at radius 1 is 1.13 bits per heavy atom. The van der Waals surface area contributed by atoms with Crippen LogP contribution in [0.1, 0.15) is 93.6 Å². The number of aliphatic hydroxyl groups is 1. The number of allylic oxidation sites excluding steroid dienone is 1. The molecule has 2 saturated carbocycles. The molecule has 3 heterocycles. The maximum atomic E-state index is 11.7. The highest BCUT2D eigenvalue weighted by Gasteiger charge is 2.44. The summed E-state index contributed by atoms with van der Waals surface area (Å²) >= 11 is 8.46. The maximum Gasteiger partial charge on any atom is 0.335 e. The Balaban J connectivity index is 0.000000241. The molecule has 0 amide bonds. The standard InChI is InChI=1S/C27H30ClNO4.C11H21NO2S.C7H14N2O.CH3I.CH4/c1-2-24(30)21-8-5-19(21)14-29-15-27(11-3-4-17-12-20(28)7-9-22(17)27)16-33-25-10-6-18(26(31)32)13-23(25)29;1-3-5-9(2)11(15(12,13)14)8-10-6-4-7-10;1-2-9-3-4-10-6-7(9)5-8-1;1-2;/h2,6-7,9-10,12-13,19,21,24,30H,1,3-5,8,11,14-16H2,(H,31,32);3,9-11H,1,4-8H2,2H3,(H2,12,13,14);7-8H,1-6H2;1H3;1H4/t19-,21+,24-,27-;9-,11?;7-;;/m000../s1. The molecule has 4 fully saturated rings. The topological polar surface area (TPSA) is 155 Å². The highest BCUT2D eigenvalue weighted by Crippen LogP contribution is 2.46. The number of nitrogens with two attached hydrogens (primary N) is 1. The fraction of sp³-hybridized carbons (Fsp3) is 0.638. The largest absolute Gasteiger partial charge is 0.490 e. The van der Waals surface area contributed by atoms with Crippen LogP contribution in [0.15, 0.2) is 61.7 Å². The van der Waals surface area contributed by atoms with Crippen LogP contribution in [0.25, 0.3) is 0 Å². The lowest BCUT2D eigenvalue weighted by molar-refractivity contribution is -0.0168. The molecule has 11 nitrogen and oxygen atoms in total. The van der Waals surface area contributed by atoms with Gasteiger partial charge in [-0.15, -0.1) is 13.2 Å². The van der Waals surface area contributed by atoms with E-state index in [1.165, 1.54) is 24.1 Å². The molecular formula is C47H72ClIN4O7S. The minimum atomic E-state index is -3.41. The third-order valence-electron chi connectivity index (χ3n) is 13.6. The Labute approximate surface area is 385 Å². The number of alkyl halides is 1. The SMILES string of the molecule is C.C1CN2CCOC[C@@H]2CN1.C=CC[C@H](C)C(CC1CCC1)S(N)(=O)=O.C=C[C@H](O)[C@@H]1CC[C@H]1CN1C[C@@]2(CCCc3cc(Cl)ccc32)COc2ccc(C(=O)O)cc21.CI. The smallest absolute Gasteiger partial charge is 0.335 e. The molecular weight excluding hydrogens is 927 g/mol. The zero-order valence-electron chi connectivity index (χ0n) is 35.6. The van der Waals surface area contributed by atoms with Gasteiger partial charge in [0, 0.05) is 55.7 Å². The van der Waals surface area contributed by atoms with E-state index in [1.54, 1.807) is 30.4 Å². The number of hydrogen-bond acceptors (Lipinski definition) is 9. The van der Waals surface area contributed by atoms with Crippen molar-refractivity contribution in [3.05, 3.63) is 83.4 Å². The number of aryl methyl sites for hydroxylation is 1. The van der Waals surface area contributed by atoms with Crippen LogP contribution >= 0.6 is 34.2 Å². The van der Waals surface area contributed by atoms with Gasteiger partial charge in [0.25, 0.3) is 0 Å². The molecule has 7 atom stereocenters. The number of carboxylic acid groups (broad SMARTS) is 1. The average Bonchev–Trinajstić information content (AvgIpc) is 3.36. The Bertz CT molecular complexity index is 1820. The number of halogens is 2. The average molecular weight is 1000 g/mol. The van der Waals surface area contributed by atoms with E-state index in [1.807, 2.05) is 17.9 Å². The fourth-order valence-corrected chi connectivity index (χ4v) is 11.3. The number of ether oxygens (including phenoxy) is 2. The second-order valence-electron chi connectivity index (χ2n) is 17.5. The summed E-state index contributed by atoms with van der Waals surface area (Å²) in [6.07, 6.45) is 13.0. The number of nitrogens with zero attached hydrogens (tertiary/aromatic N) is 2. The molecule has 5 N–H and O–H groups in total. The fourth-order valence-electron chi connectivity index (χ4n) is 9.80. The second-order valence-corrected chi connectivity index (χ2v) is 19.7. The number of fused-ring (bicyclic) bond motifs is 4. The number of morpholine rings is 1. The van der Waals surface area contributed by atoms with Crippen molar-refractivity contribution in [3.8, 4) is 5.75 Å². The van der Waals surface area contributed by atoms with E-state index in [-0.39, 0.29) is 35.5 Å². The number of rotatable bonds is 11. The number of nitrogens with one attached hydrogen (secondary N) is 1. The molecule has 3 aliphatic carbocycles. The Hall–Kier alpha value is -2.24. The number of aromatic carboxylic acids is 1. The molecule has 0 radical (unpaired) electrons. The van der Waals surface area contributed by atoms with Crippen LogP contribution in [0, 0.1) is 23.7 Å². The molecule has 2 saturated heterocycles. The summed E-state index contributed by atoms with van der Waals surface area (Å²) in [6.45, 7) is 17.8. The third kappa shape index (κ3) is 13.4. The van der Waals surface area contributed by atoms with Crippen molar-refractivity contribution in [2.75, 3.05) is 68.9 Å². The zero-order chi connectivity index (χ0) is 43.5. The highest BCUT2D eigenvalue weighted by atomic mass is 127. The minimum Gasteiger partial charge on any atom is -0.490 e. The molecule has 342 valence electrons. The van der Waals surface area contributed by atoms with Crippen LogP contribution in [-0.4, -0.2) is 111 Å². The van der Waals surface area contributed by atoms with Crippen molar-refractivity contribution in [1.82, 2.24) is 10.2 Å². The van der Waals surface area contributed by atoms with Gasteiger partial charge in [0.2, 0.25) is 10.0 Å². The normalized spacial score (nSPS) is 25.8. The van der Waals surface area contributed by atoms with Gasteiger partial charge >= 0.3 is 5.97 Å². The lowest BCUT2D eigenvalue weighted by atomic mass is 9.68. The zero-order valence-corrected chi connectivity index (χ0v) is 39.3. The summed E-state index contributed by atoms with van der Waals surface area (Å²) in [5.41, 5.74) is 3.44. The molecule has 1 spiro atoms.